The fourth-order valence-electron chi connectivity index (χ4n) is 3.10. The lowest BCUT2D eigenvalue weighted by Gasteiger charge is -2.12. The maximum Gasteiger partial charge on any atom is 0.161 e. The summed E-state index contributed by atoms with van der Waals surface area (Å²) in [5, 5.41) is 0. The van der Waals surface area contributed by atoms with Crippen LogP contribution < -0.4 is 14.2 Å². The van der Waals surface area contributed by atoms with Gasteiger partial charge >= 0.3 is 0 Å². The minimum absolute atomic E-state index is 0.492. The Hall–Kier alpha value is -4.05. The van der Waals surface area contributed by atoms with Crippen LogP contribution in [0.4, 0.5) is 5.69 Å². The molecule has 0 heterocycles. The highest BCUT2D eigenvalue weighted by Crippen LogP contribution is 2.29. The maximum atomic E-state index is 5.97. The second kappa shape index (κ2) is 10.8. The molecule has 0 unspecified atom stereocenters. The van der Waals surface area contributed by atoms with E-state index in [9.17, 15) is 0 Å². The predicted octanol–water partition coefficient (Wildman–Crippen LogP) is 7.21. The molecule has 4 aromatic carbocycles. The Balaban J connectivity index is 1.42. The van der Waals surface area contributed by atoms with Crippen molar-refractivity contribution in [1.29, 1.82) is 0 Å². The van der Waals surface area contributed by atoms with E-state index in [1.165, 1.54) is 0 Å². The zero-order chi connectivity index (χ0) is 22.0. The van der Waals surface area contributed by atoms with Crippen molar-refractivity contribution in [2.75, 3.05) is 6.61 Å². The van der Waals surface area contributed by atoms with Crippen LogP contribution in [0.3, 0.4) is 0 Å². The SMILES string of the molecule is CCOc1cc(C=Nc2ccc(Oc3ccccc3)cc2)ccc1OCc1ccccc1. The lowest BCUT2D eigenvalue weighted by atomic mass is 10.2. The quantitative estimate of drug-likeness (QED) is 0.267. The summed E-state index contributed by atoms with van der Waals surface area (Å²) in [7, 11) is 0. The molecule has 0 saturated carbocycles. The third-order valence-electron chi connectivity index (χ3n) is 4.68. The van der Waals surface area contributed by atoms with E-state index < -0.39 is 0 Å². The number of hydrogen-bond acceptors (Lipinski definition) is 4. The molecule has 0 amide bonds. The summed E-state index contributed by atoms with van der Waals surface area (Å²) in [5.74, 6) is 3.00. The summed E-state index contributed by atoms with van der Waals surface area (Å²) in [6, 6.07) is 33.3. The summed E-state index contributed by atoms with van der Waals surface area (Å²) >= 11 is 0. The predicted molar refractivity (Wildman–Crippen MR) is 129 cm³/mol. The van der Waals surface area contributed by atoms with Gasteiger partial charge in [0, 0.05) is 6.21 Å². The van der Waals surface area contributed by atoms with Crippen LogP contribution in [-0.4, -0.2) is 12.8 Å². The maximum absolute atomic E-state index is 5.97. The van der Waals surface area contributed by atoms with Gasteiger partial charge in [0.25, 0.3) is 0 Å². The summed E-state index contributed by atoms with van der Waals surface area (Å²) in [6.45, 7) is 3.01. The van der Waals surface area contributed by atoms with Crippen molar-refractivity contribution < 1.29 is 14.2 Å². The summed E-state index contributed by atoms with van der Waals surface area (Å²) < 4.78 is 17.6. The molecule has 0 aliphatic rings. The fraction of sp³-hybridized carbons (Fsp3) is 0.107. The van der Waals surface area contributed by atoms with E-state index in [1.807, 2.05) is 116 Å². The molecule has 32 heavy (non-hydrogen) atoms. The molecule has 4 nitrogen and oxygen atoms in total. The third-order valence-corrected chi connectivity index (χ3v) is 4.68. The van der Waals surface area contributed by atoms with E-state index in [1.54, 1.807) is 0 Å². The number of nitrogens with zero attached hydrogens (tertiary/aromatic N) is 1. The van der Waals surface area contributed by atoms with Crippen molar-refractivity contribution in [3.8, 4) is 23.0 Å². The lowest BCUT2D eigenvalue weighted by molar-refractivity contribution is 0.269. The second-order valence-corrected chi connectivity index (χ2v) is 7.08. The van der Waals surface area contributed by atoms with Crippen LogP contribution in [-0.2, 0) is 6.61 Å². The van der Waals surface area contributed by atoms with Gasteiger partial charge in [0.05, 0.1) is 12.3 Å². The van der Waals surface area contributed by atoms with Crippen molar-refractivity contribution in [2.24, 2.45) is 4.99 Å². The second-order valence-electron chi connectivity index (χ2n) is 7.08. The Morgan fingerprint density at radius 1 is 0.688 bits per heavy atom. The van der Waals surface area contributed by atoms with Crippen LogP contribution in [0.1, 0.15) is 18.1 Å². The molecular formula is C28H25NO3. The number of para-hydroxylation sites is 1. The van der Waals surface area contributed by atoms with Gasteiger partial charge in [-0.05, 0) is 72.6 Å². The van der Waals surface area contributed by atoms with Crippen molar-refractivity contribution in [3.63, 3.8) is 0 Å². The highest BCUT2D eigenvalue weighted by molar-refractivity contribution is 5.83. The Kier molecular flexibility index (Phi) is 7.17. The molecule has 0 spiro atoms. The lowest BCUT2D eigenvalue weighted by Crippen LogP contribution is -2.00. The van der Waals surface area contributed by atoms with Crippen LogP contribution in [0.2, 0.25) is 0 Å². The zero-order valence-electron chi connectivity index (χ0n) is 18.0. The number of rotatable bonds is 9. The number of hydrogen-bond donors (Lipinski definition) is 0. The van der Waals surface area contributed by atoms with E-state index in [2.05, 4.69) is 4.99 Å². The van der Waals surface area contributed by atoms with Crippen LogP contribution in [0.25, 0.3) is 0 Å². The van der Waals surface area contributed by atoms with Gasteiger partial charge < -0.3 is 14.2 Å². The summed E-state index contributed by atoms with van der Waals surface area (Å²) in [5.41, 5.74) is 2.89. The monoisotopic (exact) mass is 423 g/mol. The molecule has 0 aliphatic carbocycles. The molecule has 0 aromatic heterocycles. The van der Waals surface area contributed by atoms with Gasteiger partial charge in [0.1, 0.15) is 18.1 Å². The highest BCUT2D eigenvalue weighted by Gasteiger charge is 2.06. The molecule has 0 aliphatic heterocycles. The third kappa shape index (κ3) is 5.99. The molecule has 0 radical (unpaired) electrons. The van der Waals surface area contributed by atoms with Crippen LogP contribution in [0, 0.1) is 0 Å². The zero-order valence-corrected chi connectivity index (χ0v) is 18.0. The first-order valence-electron chi connectivity index (χ1n) is 10.6. The summed E-state index contributed by atoms with van der Waals surface area (Å²) in [6.07, 6.45) is 1.82. The molecule has 4 heteroatoms. The van der Waals surface area contributed by atoms with E-state index in [4.69, 9.17) is 14.2 Å². The van der Waals surface area contributed by atoms with E-state index >= 15 is 0 Å². The van der Waals surface area contributed by atoms with Crippen LogP contribution in [0.15, 0.2) is 108 Å². The van der Waals surface area contributed by atoms with E-state index in [-0.39, 0.29) is 0 Å². The van der Waals surface area contributed by atoms with Crippen molar-refractivity contribution >= 4 is 11.9 Å². The van der Waals surface area contributed by atoms with E-state index in [0.29, 0.717) is 19.0 Å². The van der Waals surface area contributed by atoms with Gasteiger partial charge in [-0.1, -0.05) is 48.5 Å². The molecule has 160 valence electrons. The van der Waals surface area contributed by atoms with Gasteiger partial charge in [-0.25, -0.2) is 0 Å². The van der Waals surface area contributed by atoms with Crippen molar-refractivity contribution in [2.45, 2.75) is 13.5 Å². The standard InChI is InChI=1S/C28H25NO3/c1-2-30-28-19-23(13-18-27(28)31-21-22-9-5-3-6-10-22)20-29-24-14-16-26(17-15-24)32-25-11-7-4-8-12-25/h3-20H,2,21H2,1H3. The highest BCUT2D eigenvalue weighted by atomic mass is 16.5. The Morgan fingerprint density at radius 3 is 2.09 bits per heavy atom. The topological polar surface area (TPSA) is 40.0 Å². The minimum atomic E-state index is 0.492. The Labute approximate surface area is 188 Å². The van der Waals surface area contributed by atoms with Gasteiger partial charge in [0.15, 0.2) is 11.5 Å². The smallest absolute Gasteiger partial charge is 0.161 e. The molecule has 0 atom stereocenters. The van der Waals surface area contributed by atoms with Gasteiger partial charge in [-0.3, -0.25) is 4.99 Å². The van der Waals surface area contributed by atoms with Gasteiger partial charge in [0.2, 0.25) is 0 Å². The number of aliphatic imine (C=N–C) groups is 1. The molecule has 0 bridgehead atoms. The van der Waals surface area contributed by atoms with Gasteiger partial charge in [-0.2, -0.15) is 0 Å². The Bertz CT molecular complexity index is 1140. The molecule has 0 fully saturated rings. The molecule has 0 saturated heterocycles. The molecule has 0 N–H and O–H groups in total. The van der Waals surface area contributed by atoms with Crippen molar-refractivity contribution in [3.05, 3.63) is 114 Å². The fourth-order valence-corrected chi connectivity index (χ4v) is 3.10. The first kappa shape index (κ1) is 21.2. The summed E-state index contributed by atoms with van der Waals surface area (Å²) in [4.78, 5) is 4.57. The normalized spacial score (nSPS) is 10.8. The molecule has 4 rings (SSSR count). The molecule has 4 aromatic rings. The Morgan fingerprint density at radius 2 is 1.38 bits per heavy atom. The molecular weight excluding hydrogens is 398 g/mol. The van der Waals surface area contributed by atoms with Crippen LogP contribution in [0.5, 0.6) is 23.0 Å². The average Bonchev–Trinajstić information content (AvgIpc) is 2.84. The number of benzene rings is 4. The average molecular weight is 424 g/mol. The van der Waals surface area contributed by atoms with Crippen molar-refractivity contribution in [1.82, 2.24) is 0 Å². The largest absolute Gasteiger partial charge is 0.490 e. The number of ether oxygens (including phenoxy) is 3. The van der Waals surface area contributed by atoms with Crippen LogP contribution >= 0.6 is 0 Å². The first-order valence-corrected chi connectivity index (χ1v) is 10.6. The first-order chi connectivity index (χ1) is 15.8. The van der Waals surface area contributed by atoms with E-state index in [0.717, 1.165) is 34.1 Å². The minimum Gasteiger partial charge on any atom is -0.490 e. The van der Waals surface area contributed by atoms with Gasteiger partial charge in [-0.15, -0.1) is 0 Å².